The number of carbonyl (C=O) groups is 1. The molecule has 0 spiro atoms. The highest BCUT2D eigenvalue weighted by Crippen LogP contribution is 2.25. The van der Waals surface area contributed by atoms with E-state index < -0.39 is 5.97 Å². The molecule has 3 aromatic rings. The molecule has 0 saturated carbocycles. The van der Waals surface area contributed by atoms with Gasteiger partial charge in [-0.3, -0.25) is 0 Å². The minimum Gasteiger partial charge on any atom is -0.478 e. The first-order chi connectivity index (χ1) is 10.5. The summed E-state index contributed by atoms with van der Waals surface area (Å²) in [6, 6.07) is 12.4. The van der Waals surface area contributed by atoms with Gasteiger partial charge in [-0.05, 0) is 37.6 Å². The molecule has 0 radical (unpaired) electrons. The molecule has 3 rings (SSSR count). The smallest absolute Gasteiger partial charge is 0.335 e. The molecule has 1 heterocycles. The number of rotatable bonds is 3. The van der Waals surface area contributed by atoms with E-state index in [2.05, 4.69) is 16.2 Å². The number of nitrogens with zero attached hydrogens (tertiary/aromatic N) is 2. The van der Waals surface area contributed by atoms with Crippen molar-refractivity contribution in [2.24, 2.45) is 0 Å². The first-order valence-electron chi connectivity index (χ1n) is 6.79. The monoisotopic (exact) mass is 294 g/mol. The van der Waals surface area contributed by atoms with Crippen LogP contribution in [-0.2, 0) is 0 Å². The average Bonchev–Trinajstić information content (AvgIpc) is 2.97. The molecular weight excluding hydrogens is 280 g/mol. The lowest BCUT2D eigenvalue weighted by molar-refractivity contribution is 0.0697. The van der Waals surface area contributed by atoms with Gasteiger partial charge in [0.25, 0.3) is 5.89 Å². The van der Waals surface area contributed by atoms with Crippen LogP contribution in [0.4, 0.5) is 0 Å². The van der Waals surface area contributed by atoms with Crippen LogP contribution in [0.15, 0.2) is 47.0 Å². The predicted molar refractivity (Wildman–Crippen MR) is 81.6 cm³/mol. The van der Waals surface area contributed by atoms with Crippen molar-refractivity contribution in [2.45, 2.75) is 13.8 Å². The van der Waals surface area contributed by atoms with Gasteiger partial charge in [0.2, 0.25) is 5.82 Å². The fraction of sp³-hybridized carbons (Fsp3) is 0.118. The van der Waals surface area contributed by atoms with E-state index in [1.165, 1.54) is 17.7 Å². The van der Waals surface area contributed by atoms with Crippen LogP contribution in [0.3, 0.4) is 0 Å². The Balaban J connectivity index is 2.00. The third kappa shape index (κ3) is 2.61. The minimum atomic E-state index is -0.990. The van der Waals surface area contributed by atoms with Crippen molar-refractivity contribution in [2.75, 3.05) is 0 Å². The number of hydrogen-bond donors (Lipinski definition) is 1. The molecule has 0 unspecified atom stereocenters. The van der Waals surface area contributed by atoms with Crippen molar-refractivity contribution in [3.63, 3.8) is 0 Å². The molecule has 22 heavy (non-hydrogen) atoms. The van der Waals surface area contributed by atoms with Crippen LogP contribution in [0.25, 0.3) is 22.8 Å². The molecule has 2 aromatic carbocycles. The Morgan fingerprint density at radius 2 is 1.95 bits per heavy atom. The topological polar surface area (TPSA) is 76.2 Å². The van der Waals surface area contributed by atoms with Crippen molar-refractivity contribution in [3.05, 3.63) is 59.2 Å². The van der Waals surface area contributed by atoms with E-state index >= 15 is 0 Å². The van der Waals surface area contributed by atoms with Crippen LogP contribution in [0.1, 0.15) is 21.5 Å². The maximum absolute atomic E-state index is 11.0. The molecule has 0 bridgehead atoms. The van der Waals surface area contributed by atoms with E-state index in [-0.39, 0.29) is 5.56 Å². The Morgan fingerprint density at radius 1 is 1.14 bits per heavy atom. The molecule has 0 aliphatic carbocycles. The fourth-order valence-electron chi connectivity index (χ4n) is 2.30. The highest BCUT2D eigenvalue weighted by atomic mass is 16.5. The predicted octanol–water partition coefficient (Wildman–Crippen LogP) is 3.72. The molecule has 0 atom stereocenters. The van der Waals surface area contributed by atoms with Crippen LogP contribution in [0.2, 0.25) is 0 Å². The Labute approximate surface area is 127 Å². The summed E-state index contributed by atoms with van der Waals surface area (Å²) in [5.74, 6) is -0.192. The van der Waals surface area contributed by atoms with Crippen LogP contribution in [0, 0.1) is 13.8 Å². The van der Waals surface area contributed by atoms with Crippen molar-refractivity contribution in [1.82, 2.24) is 10.1 Å². The van der Waals surface area contributed by atoms with Gasteiger partial charge in [-0.2, -0.15) is 4.98 Å². The van der Waals surface area contributed by atoms with Gasteiger partial charge in [0.15, 0.2) is 0 Å². The largest absolute Gasteiger partial charge is 0.478 e. The maximum Gasteiger partial charge on any atom is 0.335 e. The van der Waals surface area contributed by atoms with Gasteiger partial charge < -0.3 is 9.63 Å². The Bertz CT molecular complexity index is 853. The summed E-state index contributed by atoms with van der Waals surface area (Å²) >= 11 is 0. The second-order valence-electron chi connectivity index (χ2n) is 5.13. The number of aromatic nitrogens is 2. The summed E-state index contributed by atoms with van der Waals surface area (Å²) in [6.07, 6.45) is 0. The number of carboxylic acid groups (broad SMARTS) is 1. The normalized spacial score (nSPS) is 10.6. The van der Waals surface area contributed by atoms with Crippen LogP contribution >= 0.6 is 0 Å². The lowest BCUT2D eigenvalue weighted by Gasteiger charge is -2.01. The zero-order chi connectivity index (χ0) is 15.7. The second kappa shape index (κ2) is 5.44. The lowest BCUT2D eigenvalue weighted by atomic mass is 10.1. The van der Waals surface area contributed by atoms with E-state index in [0.717, 1.165) is 11.1 Å². The Morgan fingerprint density at radius 3 is 2.68 bits per heavy atom. The van der Waals surface area contributed by atoms with Gasteiger partial charge in [0.1, 0.15) is 0 Å². The molecule has 1 aromatic heterocycles. The van der Waals surface area contributed by atoms with Crippen molar-refractivity contribution in [1.29, 1.82) is 0 Å². The summed E-state index contributed by atoms with van der Waals surface area (Å²) in [5, 5.41) is 13.0. The van der Waals surface area contributed by atoms with Gasteiger partial charge in [-0.25, -0.2) is 4.79 Å². The van der Waals surface area contributed by atoms with Crippen LogP contribution in [0.5, 0.6) is 0 Å². The highest BCUT2D eigenvalue weighted by molar-refractivity contribution is 5.89. The molecule has 0 aliphatic rings. The first-order valence-corrected chi connectivity index (χ1v) is 6.79. The van der Waals surface area contributed by atoms with E-state index in [4.69, 9.17) is 9.63 Å². The summed E-state index contributed by atoms with van der Waals surface area (Å²) in [6.45, 7) is 4.01. The fourth-order valence-corrected chi connectivity index (χ4v) is 2.30. The summed E-state index contributed by atoms with van der Waals surface area (Å²) < 4.78 is 5.27. The number of aryl methyl sites for hydroxylation is 2. The number of aromatic carboxylic acids is 1. The number of hydrogen-bond acceptors (Lipinski definition) is 4. The molecule has 0 fully saturated rings. The van der Waals surface area contributed by atoms with Crippen molar-refractivity contribution >= 4 is 5.97 Å². The molecule has 0 aliphatic heterocycles. The maximum atomic E-state index is 11.0. The van der Waals surface area contributed by atoms with Crippen molar-refractivity contribution in [3.8, 4) is 22.8 Å². The molecule has 110 valence electrons. The average molecular weight is 294 g/mol. The summed E-state index contributed by atoms with van der Waals surface area (Å²) in [4.78, 5) is 15.4. The molecule has 5 nitrogen and oxygen atoms in total. The molecular formula is C17H14N2O3. The molecule has 0 saturated heterocycles. The number of carboxylic acids is 1. The highest BCUT2D eigenvalue weighted by Gasteiger charge is 2.13. The first kappa shape index (κ1) is 14.0. The zero-order valence-corrected chi connectivity index (χ0v) is 12.2. The summed E-state index contributed by atoms with van der Waals surface area (Å²) in [5.41, 5.74) is 3.90. The van der Waals surface area contributed by atoms with E-state index in [0.29, 0.717) is 17.3 Å². The Hall–Kier alpha value is -2.95. The quantitative estimate of drug-likeness (QED) is 0.796. The Kier molecular flexibility index (Phi) is 3.47. The van der Waals surface area contributed by atoms with Gasteiger partial charge >= 0.3 is 5.97 Å². The third-order valence-electron chi connectivity index (χ3n) is 3.41. The molecule has 5 heteroatoms. The molecule has 0 amide bonds. The van der Waals surface area contributed by atoms with Gasteiger partial charge in [0.05, 0.1) is 5.56 Å². The van der Waals surface area contributed by atoms with E-state index in [1.54, 1.807) is 12.1 Å². The lowest BCUT2D eigenvalue weighted by Crippen LogP contribution is -1.95. The third-order valence-corrected chi connectivity index (χ3v) is 3.41. The zero-order valence-electron chi connectivity index (χ0n) is 12.2. The van der Waals surface area contributed by atoms with E-state index in [9.17, 15) is 4.79 Å². The van der Waals surface area contributed by atoms with Gasteiger partial charge in [-0.1, -0.05) is 35.0 Å². The molecule has 1 N–H and O–H groups in total. The summed E-state index contributed by atoms with van der Waals surface area (Å²) in [7, 11) is 0. The van der Waals surface area contributed by atoms with Gasteiger partial charge in [0, 0.05) is 11.1 Å². The SMILES string of the molecule is Cc1ccc(-c2noc(-c3cccc(C(=O)O)c3)n2)c(C)c1. The van der Waals surface area contributed by atoms with E-state index in [1.807, 2.05) is 26.0 Å². The second-order valence-corrected chi connectivity index (χ2v) is 5.13. The van der Waals surface area contributed by atoms with Gasteiger partial charge in [-0.15, -0.1) is 0 Å². The standard InChI is InChI=1S/C17H14N2O3/c1-10-6-7-14(11(2)8-10)15-18-16(22-19-15)12-4-3-5-13(9-12)17(20)21/h3-9H,1-2H3,(H,20,21). The van der Waals surface area contributed by atoms with Crippen LogP contribution in [-0.4, -0.2) is 21.2 Å². The van der Waals surface area contributed by atoms with Crippen molar-refractivity contribution < 1.29 is 14.4 Å². The van der Waals surface area contributed by atoms with Crippen LogP contribution < -0.4 is 0 Å². The minimum absolute atomic E-state index is 0.184. The number of benzene rings is 2.